The summed E-state index contributed by atoms with van der Waals surface area (Å²) in [6.07, 6.45) is 1.54. The third kappa shape index (κ3) is 13.1. The molecule has 5 atom stereocenters. The van der Waals surface area contributed by atoms with E-state index in [2.05, 4.69) is 21.3 Å². The average molecular weight is 754 g/mol. The van der Waals surface area contributed by atoms with Crippen molar-refractivity contribution in [1.82, 2.24) is 26.2 Å². The molecule has 0 bridgehead atoms. The van der Waals surface area contributed by atoms with Crippen LogP contribution >= 0.6 is 0 Å². The number of carbonyl (C=O) groups excluding carboxylic acids is 5. The van der Waals surface area contributed by atoms with Crippen LogP contribution in [0.15, 0.2) is 91.0 Å². The Balaban J connectivity index is 1.33. The van der Waals surface area contributed by atoms with E-state index in [1.165, 1.54) is 0 Å². The van der Waals surface area contributed by atoms with Crippen LogP contribution in [0.3, 0.4) is 0 Å². The van der Waals surface area contributed by atoms with E-state index in [1.54, 1.807) is 6.92 Å². The number of hydrogen-bond donors (Lipinski definition) is 4. The summed E-state index contributed by atoms with van der Waals surface area (Å²) in [7, 11) is 0. The fraction of sp³-hybridized carbons (Fsp3) is 0.465. The van der Waals surface area contributed by atoms with Crippen molar-refractivity contribution in [2.45, 2.75) is 82.6 Å². The van der Waals surface area contributed by atoms with Crippen molar-refractivity contribution in [3.63, 3.8) is 0 Å². The zero-order valence-electron chi connectivity index (χ0n) is 32.1. The van der Waals surface area contributed by atoms with Crippen LogP contribution < -0.4 is 21.3 Å². The predicted octanol–water partition coefficient (Wildman–Crippen LogP) is 2.78. The summed E-state index contributed by atoms with van der Waals surface area (Å²) in [4.78, 5) is 71.2. The van der Waals surface area contributed by atoms with Crippen molar-refractivity contribution >= 4 is 29.4 Å². The maximum absolute atomic E-state index is 14.2. The molecule has 0 spiro atoms. The van der Waals surface area contributed by atoms with E-state index in [4.69, 9.17) is 9.47 Å². The zero-order chi connectivity index (χ0) is 39.2. The molecule has 0 aliphatic carbocycles. The third-order valence-electron chi connectivity index (χ3n) is 9.96. The molecule has 2 aliphatic rings. The maximum atomic E-state index is 14.2. The lowest BCUT2D eigenvalue weighted by Gasteiger charge is -2.29. The molecular weight excluding hydrogens is 699 g/mol. The number of hydrogen-bond acceptors (Lipinski definition) is 8. The van der Waals surface area contributed by atoms with Gasteiger partial charge in [-0.2, -0.15) is 0 Å². The van der Waals surface area contributed by atoms with Gasteiger partial charge in [-0.3, -0.25) is 28.9 Å². The van der Waals surface area contributed by atoms with Crippen LogP contribution in [0.25, 0.3) is 0 Å². The van der Waals surface area contributed by atoms with Crippen LogP contribution in [-0.2, 0) is 52.7 Å². The number of rotatable bonds is 20. The van der Waals surface area contributed by atoms with Crippen molar-refractivity contribution in [3.8, 4) is 0 Å². The van der Waals surface area contributed by atoms with Gasteiger partial charge >= 0.3 is 0 Å². The van der Waals surface area contributed by atoms with E-state index in [9.17, 15) is 24.0 Å². The largest absolute Gasteiger partial charge is 0.379 e. The van der Waals surface area contributed by atoms with Crippen LogP contribution in [0, 0.1) is 5.92 Å². The molecule has 55 heavy (non-hydrogen) atoms. The molecule has 3 aromatic carbocycles. The minimum atomic E-state index is -1.07. The number of nitrogens with zero attached hydrogens (tertiary/aromatic N) is 1. The van der Waals surface area contributed by atoms with Gasteiger partial charge in [0.05, 0.1) is 32.4 Å². The highest BCUT2D eigenvalue weighted by atomic mass is 16.6. The van der Waals surface area contributed by atoms with Gasteiger partial charge in [0.25, 0.3) is 0 Å². The smallest absolute Gasteiger partial charge is 0.243 e. The Hall–Kier alpha value is -4.91. The molecule has 2 fully saturated rings. The van der Waals surface area contributed by atoms with Crippen molar-refractivity contribution in [2.75, 3.05) is 39.5 Å². The SMILES string of the molecule is CC(C)C[C@H](NC(=O)[C@H](CCc1ccccc1)NC(=O)CN1CCOCC1)C(=O)N[C@@H](Cc1ccccc1)C(=O)N[C@@H](Cc1ccccc1)C(=O)[C@@]1(C)CO1. The van der Waals surface area contributed by atoms with Crippen LogP contribution in [0.4, 0.5) is 0 Å². The molecule has 12 heteroatoms. The second kappa shape index (κ2) is 20.1. The van der Waals surface area contributed by atoms with Gasteiger partial charge in [-0.25, -0.2) is 0 Å². The highest BCUT2D eigenvalue weighted by Crippen LogP contribution is 2.29. The fourth-order valence-electron chi connectivity index (χ4n) is 6.68. The molecule has 2 heterocycles. The van der Waals surface area contributed by atoms with E-state index in [0.29, 0.717) is 39.1 Å². The number of amides is 4. The van der Waals surface area contributed by atoms with Crippen molar-refractivity contribution in [1.29, 1.82) is 0 Å². The molecular formula is C43H55N5O7. The summed E-state index contributed by atoms with van der Waals surface area (Å²) in [6.45, 7) is 8.32. The summed E-state index contributed by atoms with van der Waals surface area (Å²) >= 11 is 0. The number of benzene rings is 3. The van der Waals surface area contributed by atoms with E-state index in [0.717, 1.165) is 16.7 Å². The number of nitrogens with one attached hydrogen (secondary N) is 4. The maximum Gasteiger partial charge on any atom is 0.243 e. The second-order valence-electron chi connectivity index (χ2n) is 15.1. The Morgan fingerprint density at radius 1 is 0.655 bits per heavy atom. The summed E-state index contributed by atoms with van der Waals surface area (Å²) < 4.78 is 10.9. The molecule has 0 unspecified atom stereocenters. The third-order valence-corrected chi connectivity index (χ3v) is 9.96. The number of morpholine rings is 1. The molecule has 2 aliphatic heterocycles. The van der Waals surface area contributed by atoms with E-state index >= 15 is 0 Å². The Morgan fingerprint density at radius 2 is 1.13 bits per heavy atom. The Bertz CT molecular complexity index is 1710. The first kappa shape index (κ1) is 41.3. The topological polar surface area (TPSA) is 158 Å². The number of Topliss-reactive ketones (excluding diaryl/α,β-unsaturated/α-hetero) is 1. The quantitative estimate of drug-likeness (QED) is 0.128. The lowest BCUT2D eigenvalue weighted by atomic mass is 9.94. The molecule has 0 radical (unpaired) electrons. The zero-order valence-corrected chi connectivity index (χ0v) is 32.1. The van der Waals surface area contributed by atoms with Gasteiger partial charge in [0, 0.05) is 19.5 Å². The second-order valence-corrected chi connectivity index (χ2v) is 15.1. The van der Waals surface area contributed by atoms with Crippen LogP contribution in [0.1, 0.15) is 50.3 Å². The van der Waals surface area contributed by atoms with E-state index < -0.39 is 47.5 Å². The van der Waals surface area contributed by atoms with Gasteiger partial charge in [-0.1, -0.05) is 105 Å². The highest BCUT2D eigenvalue weighted by molar-refractivity contribution is 5.99. The molecule has 294 valence electrons. The number of epoxide rings is 1. The summed E-state index contributed by atoms with van der Waals surface area (Å²) in [6, 6.07) is 24.5. The Labute approximate surface area is 324 Å². The van der Waals surface area contributed by atoms with Crippen molar-refractivity contribution in [3.05, 3.63) is 108 Å². The lowest BCUT2D eigenvalue weighted by Crippen LogP contribution is -2.59. The summed E-state index contributed by atoms with van der Waals surface area (Å²) in [5.74, 6) is -2.07. The van der Waals surface area contributed by atoms with Gasteiger partial charge in [0.15, 0.2) is 5.78 Å². The van der Waals surface area contributed by atoms with E-state index in [1.807, 2.05) is 110 Å². The van der Waals surface area contributed by atoms with Gasteiger partial charge in [-0.15, -0.1) is 0 Å². The van der Waals surface area contributed by atoms with Gasteiger partial charge < -0.3 is 30.7 Å². The molecule has 4 amide bonds. The van der Waals surface area contributed by atoms with Gasteiger partial charge in [-0.05, 0) is 55.2 Å². The lowest BCUT2D eigenvalue weighted by molar-refractivity contribution is -0.135. The molecule has 3 aromatic rings. The summed E-state index contributed by atoms with van der Waals surface area (Å²) in [5, 5.41) is 11.7. The average Bonchev–Trinajstić information content (AvgIpc) is 3.94. The molecule has 4 N–H and O–H groups in total. The van der Waals surface area contributed by atoms with Crippen molar-refractivity contribution in [2.24, 2.45) is 5.92 Å². The predicted molar refractivity (Wildman–Crippen MR) is 209 cm³/mol. The Morgan fingerprint density at radius 3 is 1.67 bits per heavy atom. The fourth-order valence-corrected chi connectivity index (χ4v) is 6.68. The van der Waals surface area contributed by atoms with Crippen molar-refractivity contribution < 1.29 is 33.4 Å². The first-order valence-electron chi connectivity index (χ1n) is 19.3. The molecule has 0 saturated carbocycles. The molecule has 2 saturated heterocycles. The monoisotopic (exact) mass is 753 g/mol. The molecule has 5 rings (SSSR count). The van der Waals surface area contributed by atoms with Crippen LogP contribution in [0.5, 0.6) is 0 Å². The number of ketones is 1. The van der Waals surface area contributed by atoms with Crippen LogP contribution in [-0.4, -0.2) is 104 Å². The van der Waals surface area contributed by atoms with E-state index in [-0.39, 0.29) is 50.0 Å². The normalized spacial score (nSPS) is 19.0. The van der Waals surface area contributed by atoms with Crippen LogP contribution in [0.2, 0.25) is 0 Å². The number of aryl methyl sites for hydroxylation is 1. The minimum absolute atomic E-state index is 0.00305. The minimum Gasteiger partial charge on any atom is -0.379 e. The highest BCUT2D eigenvalue weighted by Gasteiger charge is 2.50. The Kier molecular flexibility index (Phi) is 15.1. The number of carbonyl (C=O) groups is 5. The standard InChI is InChI=1S/C43H55N5O7/c1-30(2)25-36(46-40(51)34(20-19-31-13-7-4-8-14-31)44-38(49)28-48-21-23-54-24-22-48)41(52)47-37(27-33-17-11-6-12-18-33)42(53)45-35(39(50)43(3)29-55-43)26-32-15-9-5-10-16-32/h4-18,30,34-37H,19-29H2,1-3H3,(H,44,49)(H,45,53)(H,46,51)(H,47,52)/t34-,35-,36-,37-,43+/m0/s1. The van der Waals surface area contributed by atoms with Gasteiger partial charge in [0.1, 0.15) is 23.7 Å². The van der Waals surface area contributed by atoms with Gasteiger partial charge in [0.2, 0.25) is 23.6 Å². The molecule has 12 nitrogen and oxygen atoms in total. The first-order chi connectivity index (χ1) is 26.5. The summed E-state index contributed by atoms with van der Waals surface area (Å²) in [5.41, 5.74) is 1.71. The first-order valence-corrected chi connectivity index (χ1v) is 19.3. The number of ether oxygens (including phenoxy) is 2. The molecule has 0 aromatic heterocycles.